The van der Waals surface area contributed by atoms with Crippen LogP contribution >= 0.6 is 27.7 Å². The van der Waals surface area contributed by atoms with Gasteiger partial charge >= 0.3 is 6.18 Å². The number of benzene rings is 1. The minimum Gasteiger partial charge on any atom is -0.367 e. The first-order valence-corrected chi connectivity index (χ1v) is 9.17. The zero-order valence-electron chi connectivity index (χ0n) is 12.9. The normalized spacial score (nSPS) is 14.3. The summed E-state index contributed by atoms with van der Waals surface area (Å²) in [7, 11) is 0. The predicted molar refractivity (Wildman–Crippen MR) is 91.4 cm³/mol. The molecule has 1 aromatic heterocycles. The van der Waals surface area contributed by atoms with Crippen molar-refractivity contribution in [1.82, 2.24) is 14.9 Å². The minimum atomic E-state index is -4.50. The largest absolute Gasteiger partial charge is 0.416 e. The lowest BCUT2D eigenvalue weighted by molar-refractivity contribution is -0.137. The summed E-state index contributed by atoms with van der Waals surface area (Å²) in [5, 5.41) is 0.626. The van der Waals surface area contributed by atoms with Gasteiger partial charge in [-0.25, -0.2) is 14.4 Å². The summed E-state index contributed by atoms with van der Waals surface area (Å²) in [5.41, 5.74) is 0.674. The zero-order valence-corrected chi connectivity index (χ0v) is 15.3. The third kappa shape index (κ3) is 3.98. The van der Waals surface area contributed by atoms with Gasteiger partial charge in [-0.15, -0.1) is 0 Å². The van der Waals surface area contributed by atoms with Crippen LogP contribution in [0.1, 0.15) is 22.4 Å². The molecule has 2 aromatic rings. The van der Waals surface area contributed by atoms with E-state index in [0.29, 0.717) is 16.2 Å². The van der Waals surface area contributed by atoms with Crippen molar-refractivity contribution < 1.29 is 17.6 Å². The number of halogens is 5. The van der Waals surface area contributed by atoms with E-state index in [9.17, 15) is 17.6 Å². The van der Waals surface area contributed by atoms with Crippen LogP contribution in [0.4, 0.5) is 17.6 Å². The molecular formula is C16H12BrF4N3S. The monoisotopic (exact) mass is 433 g/mol. The van der Waals surface area contributed by atoms with Crippen molar-refractivity contribution in [3.8, 4) is 0 Å². The summed E-state index contributed by atoms with van der Waals surface area (Å²) < 4.78 is 53.1. The second-order valence-corrected chi connectivity index (χ2v) is 7.04. The molecule has 3 nitrogen and oxygen atoms in total. The van der Waals surface area contributed by atoms with Gasteiger partial charge in [0, 0.05) is 36.6 Å². The van der Waals surface area contributed by atoms with Gasteiger partial charge in [-0.1, -0.05) is 11.8 Å². The van der Waals surface area contributed by atoms with Gasteiger partial charge in [-0.3, -0.25) is 0 Å². The lowest BCUT2D eigenvalue weighted by Crippen LogP contribution is -2.22. The standard InChI is InChI=1S/C16H12BrF4N3S/c1-25-15-22-5-10-7-24(8-12(17)14(10)23-15)6-9-4-11(16(19,20)21)2-3-13(9)18/h2-5,8H,6-7H2,1H3. The van der Waals surface area contributed by atoms with E-state index in [4.69, 9.17) is 0 Å². The number of hydrogen-bond acceptors (Lipinski definition) is 4. The highest BCUT2D eigenvalue weighted by molar-refractivity contribution is 9.15. The van der Waals surface area contributed by atoms with Crippen LogP contribution in [0.3, 0.4) is 0 Å². The van der Waals surface area contributed by atoms with Crippen molar-refractivity contribution in [3.05, 3.63) is 58.8 Å². The van der Waals surface area contributed by atoms with Crippen molar-refractivity contribution >= 4 is 32.2 Å². The lowest BCUT2D eigenvalue weighted by atomic mass is 10.1. The van der Waals surface area contributed by atoms with E-state index in [1.165, 1.54) is 11.8 Å². The first-order valence-electron chi connectivity index (χ1n) is 7.15. The average molecular weight is 434 g/mol. The van der Waals surface area contributed by atoms with Gasteiger partial charge in [0.2, 0.25) is 0 Å². The third-order valence-electron chi connectivity index (χ3n) is 3.67. The molecule has 3 rings (SSSR count). The number of rotatable bonds is 3. The number of alkyl halides is 3. The maximum atomic E-state index is 14.0. The summed E-state index contributed by atoms with van der Waals surface area (Å²) in [6.07, 6.45) is 0.747. The first kappa shape index (κ1) is 18.2. The van der Waals surface area contributed by atoms with Gasteiger partial charge in [-0.05, 0) is 40.4 Å². The summed E-state index contributed by atoms with van der Waals surface area (Å²) >= 11 is 4.83. The Balaban J connectivity index is 1.87. The Kier molecular flexibility index (Phi) is 5.06. The Labute approximate surface area is 154 Å². The van der Waals surface area contributed by atoms with E-state index in [0.717, 1.165) is 29.5 Å². The predicted octanol–water partition coefficient (Wildman–Crippen LogP) is 5.07. The Hall–Kier alpha value is -1.61. The van der Waals surface area contributed by atoms with Crippen molar-refractivity contribution in [2.75, 3.05) is 6.26 Å². The van der Waals surface area contributed by atoms with E-state index >= 15 is 0 Å². The summed E-state index contributed by atoms with van der Waals surface area (Å²) in [4.78, 5) is 10.3. The molecule has 0 bridgehead atoms. The molecule has 0 saturated carbocycles. The topological polar surface area (TPSA) is 29.0 Å². The molecule has 0 spiro atoms. The average Bonchev–Trinajstić information content (AvgIpc) is 2.55. The smallest absolute Gasteiger partial charge is 0.367 e. The van der Waals surface area contributed by atoms with Crippen molar-refractivity contribution in [2.45, 2.75) is 24.4 Å². The maximum Gasteiger partial charge on any atom is 0.416 e. The fourth-order valence-corrected chi connectivity index (χ4v) is 3.46. The molecule has 1 aromatic carbocycles. The molecule has 25 heavy (non-hydrogen) atoms. The molecule has 132 valence electrons. The Morgan fingerprint density at radius 1 is 1.32 bits per heavy atom. The SMILES string of the molecule is CSc1ncc2c(n1)C(Br)=CN(Cc1cc(C(F)(F)F)ccc1F)C2. The van der Waals surface area contributed by atoms with Crippen LogP contribution in [0.2, 0.25) is 0 Å². The van der Waals surface area contributed by atoms with Crippen LogP contribution in [0, 0.1) is 5.82 Å². The number of thioether (sulfide) groups is 1. The van der Waals surface area contributed by atoms with Crippen LogP contribution in [0.25, 0.3) is 4.48 Å². The molecule has 1 aliphatic heterocycles. The van der Waals surface area contributed by atoms with Crippen LogP contribution in [0.15, 0.2) is 35.8 Å². The first-order chi connectivity index (χ1) is 11.8. The van der Waals surface area contributed by atoms with Gasteiger partial charge in [0.25, 0.3) is 0 Å². The molecule has 0 saturated heterocycles. The highest BCUT2D eigenvalue weighted by atomic mass is 79.9. The lowest BCUT2D eigenvalue weighted by Gasteiger charge is -2.27. The number of hydrogen-bond donors (Lipinski definition) is 0. The summed E-state index contributed by atoms with van der Waals surface area (Å²) in [6.45, 7) is 0.392. The van der Waals surface area contributed by atoms with E-state index in [2.05, 4.69) is 25.9 Å². The quantitative estimate of drug-likeness (QED) is 0.384. The van der Waals surface area contributed by atoms with Gasteiger partial charge < -0.3 is 4.90 Å². The van der Waals surface area contributed by atoms with Crippen LogP contribution in [0.5, 0.6) is 0 Å². The van der Waals surface area contributed by atoms with E-state index in [1.54, 1.807) is 17.3 Å². The molecule has 0 N–H and O–H groups in total. The third-order valence-corrected chi connectivity index (χ3v) is 4.81. The molecule has 0 amide bonds. The highest BCUT2D eigenvalue weighted by Crippen LogP contribution is 2.33. The fourth-order valence-electron chi connectivity index (χ4n) is 2.49. The van der Waals surface area contributed by atoms with Gasteiger partial charge in [0.1, 0.15) is 5.82 Å². The molecule has 0 radical (unpaired) electrons. The summed E-state index contributed by atoms with van der Waals surface area (Å²) in [5.74, 6) is -0.669. The van der Waals surface area contributed by atoms with Gasteiger partial charge in [-0.2, -0.15) is 13.2 Å². The second kappa shape index (κ2) is 6.95. The van der Waals surface area contributed by atoms with Gasteiger partial charge in [0.05, 0.1) is 15.7 Å². The number of aromatic nitrogens is 2. The molecule has 0 atom stereocenters. The fraction of sp³-hybridized carbons (Fsp3) is 0.250. The molecule has 0 aliphatic carbocycles. The highest BCUT2D eigenvalue weighted by Gasteiger charge is 2.31. The Morgan fingerprint density at radius 2 is 2.08 bits per heavy atom. The van der Waals surface area contributed by atoms with Crippen molar-refractivity contribution in [3.63, 3.8) is 0 Å². The summed E-state index contributed by atoms with van der Waals surface area (Å²) in [6, 6.07) is 2.44. The maximum absolute atomic E-state index is 14.0. The molecule has 1 aliphatic rings. The van der Waals surface area contributed by atoms with E-state index in [1.807, 2.05) is 6.26 Å². The number of fused-ring (bicyclic) bond motifs is 1. The van der Waals surface area contributed by atoms with E-state index in [-0.39, 0.29) is 12.1 Å². The van der Waals surface area contributed by atoms with Crippen LogP contribution < -0.4 is 0 Å². The molecule has 0 fully saturated rings. The van der Waals surface area contributed by atoms with Gasteiger partial charge in [0.15, 0.2) is 5.16 Å². The molecule has 9 heteroatoms. The van der Waals surface area contributed by atoms with Crippen LogP contribution in [-0.4, -0.2) is 21.1 Å². The molecule has 2 heterocycles. The Morgan fingerprint density at radius 3 is 2.76 bits per heavy atom. The van der Waals surface area contributed by atoms with Crippen LogP contribution in [-0.2, 0) is 19.3 Å². The molecular weight excluding hydrogens is 422 g/mol. The zero-order chi connectivity index (χ0) is 18.2. The number of nitrogens with zero attached hydrogens (tertiary/aromatic N) is 3. The molecule has 0 unspecified atom stereocenters. The second-order valence-electron chi connectivity index (χ2n) is 5.42. The van der Waals surface area contributed by atoms with E-state index < -0.39 is 17.6 Å². The Bertz CT molecular complexity index is 839. The van der Waals surface area contributed by atoms with Crippen molar-refractivity contribution in [1.29, 1.82) is 0 Å². The van der Waals surface area contributed by atoms with Crippen molar-refractivity contribution in [2.24, 2.45) is 0 Å². The minimum absolute atomic E-state index is 0.00850.